The predicted octanol–water partition coefficient (Wildman–Crippen LogP) is 5.84. The number of nitrogens with zero attached hydrogens (tertiary/aromatic N) is 4. The zero-order chi connectivity index (χ0) is 37.2. The quantitative estimate of drug-likeness (QED) is 0.148. The number of carbonyl (C=O) groups is 4. The van der Waals surface area contributed by atoms with Gasteiger partial charge in [0.05, 0.1) is 43.0 Å². The van der Waals surface area contributed by atoms with Crippen molar-refractivity contribution in [3.8, 4) is 33.6 Å². The molecule has 13 nitrogen and oxygen atoms in total. The molecule has 0 saturated carbocycles. The first-order valence-electron chi connectivity index (χ1n) is 18.5. The zero-order valence-electron chi connectivity index (χ0n) is 30.0. The molecule has 276 valence electrons. The number of aromatic amines is 2. The molecule has 3 aromatic carbocycles. The van der Waals surface area contributed by atoms with E-state index in [4.69, 9.17) is 9.72 Å². The van der Waals surface area contributed by atoms with Crippen molar-refractivity contribution < 1.29 is 23.9 Å². The molecule has 3 aliphatic heterocycles. The molecule has 0 radical (unpaired) electrons. The largest absolute Gasteiger partial charge is 0.453 e. The van der Waals surface area contributed by atoms with E-state index in [-0.39, 0.29) is 29.8 Å². The molecular formula is C41H42N8O5. The number of amides is 4. The first-order valence-corrected chi connectivity index (χ1v) is 18.5. The van der Waals surface area contributed by atoms with E-state index in [0.29, 0.717) is 37.3 Å². The fourth-order valence-corrected chi connectivity index (χ4v) is 7.89. The van der Waals surface area contributed by atoms with Gasteiger partial charge in [-0.3, -0.25) is 14.4 Å². The van der Waals surface area contributed by atoms with E-state index in [9.17, 15) is 19.2 Å². The Morgan fingerprint density at radius 3 is 1.81 bits per heavy atom. The highest BCUT2D eigenvalue weighted by atomic mass is 16.5. The molecule has 0 unspecified atom stereocenters. The van der Waals surface area contributed by atoms with E-state index in [0.717, 1.165) is 65.1 Å². The zero-order valence-corrected chi connectivity index (χ0v) is 30.0. The van der Waals surface area contributed by atoms with Crippen LogP contribution in [0.2, 0.25) is 0 Å². The third-order valence-corrected chi connectivity index (χ3v) is 10.7. The van der Waals surface area contributed by atoms with E-state index >= 15 is 0 Å². The Labute approximate surface area is 312 Å². The van der Waals surface area contributed by atoms with Crippen molar-refractivity contribution in [3.05, 3.63) is 108 Å². The number of methoxy groups -OCH3 is 1. The first-order chi connectivity index (χ1) is 26.4. The Bertz CT molecular complexity index is 2150. The first kappa shape index (κ1) is 34.8. The van der Waals surface area contributed by atoms with Crippen LogP contribution in [0, 0.1) is 0 Å². The summed E-state index contributed by atoms with van der Waals surface area (Å²) in [6.07, 6.45) is 7.20. The van der Waals surface area contributed by atoms with Crippen LogP contribution in [0.25, 0.3) is 33.6 Å². The highest BCUT2D eigenvalue weighted by Crippen LogP contribution is 2.36. The molecule has 4 atom stereocenters. The summed E-state index contributed by atoms with van der Waals surface area (Å²) in [6.45, 7) is 1.22. The van der Waals surface area contributed by atoms with Crippen LogP contribution < -0.4 is 10.6 Å². The minimum absolute atomic E-state index is 0.0272. The lowest BCUT2D eigenvalue weighted by Gasteiger charge is -2.28. The van der Waals surface area contributed by atoms with Crippen molar-refractivity contribution in [2.45, 2.75) is 62.7 Å². The van der Waals surface area contributed by atoms with Crippen molar-refractivity contribution in [2.24, 2.45) is 0 Å². The van der Waals surface area contributed by atoms with Crippen LogP contribution in [0.15, 0.2) is 91.3 Å². The second-order valence-corrected chi connectivity index (χ2v) is 14.0. The van der Waals surface area contributed by atoms with E-state index in [1.54, 1.807) is 11.1 Å². The molecule has 3 saturated heterocycles. The van der Waals surface area contributed by atoms with Gasteiger partial charge in [0, 0.05) is 19.5 Å². The molecule has 5 aromatic rings. The van der Waals surface area contributed by atoms with Gasteiger partial charge in [-0.1, -0.05) is 78.9 Å². The lowest BCUT2D eigenvalue weighted by molar-refractivity contribution is -0.135. The van der Waals surface area contributed by atoms with Gasteiger partial charge in [-0.2, -0.15) is 0 Å². The maximum Gasteiger partial charge on any atom is 0.407 e. The molecule has 0 aliphatic carbocycles. The highest BCUT2D eigenvalue weighted by molar-refractivity contribution is 5.91. The van der Waals surface area contributed by atoms with Gasteiger partial charge in [-0.05, 0) is 59.9 Å². The van der Waals surface area contributed by atoms with Crippen molar-refractivity contribution in [3.63, 3.8) is 0 Å². The molecule has 8 rings (SSSR count). The summed E-state index contributed by atoms with van der Waals surface area (Å²) in [6, 6.07) is 24.0. The number of rotatable bonds is 9. The Balaban J connectivity index is 0.926. The molecule has 2 aromatic heterocycles. The van der Waals surface area contributed by atoms with Gasteiger partial charge in [0.1, 0.15) is 23.7 Å². The van der Waals surface area contributed by atoms with Crippen LogP contribution in [0.1, 0.15) is 73.9 Å². The van der Waals surface area contributed by atoms with E-state index in [2.05, 4.69) is 74.1 Å². The summed E-state index contributed by atoms with van der Waals surface area (Å²) in [5, 5.41) is 5.51. The van der Waals surface area contributed by atoms with Crippen LogP contribution in [-0.2, 0) is 19.1 Å². The Kier molecular flexibility index (Phi) is 9.68. The molecule has 5 heterocycles. The monoisotopic (exact) mass is 726 g/mol. The number of hydrogen-bond acceptors (Lipinski definition) is 7. The molecule has 4 amide bonds. The van der Waals surface area contributed by atoms with Crippen molar-refractivity contribution in [1.29, 1.82) is 0 Å². The third-order valence-electron chi connectivity index (χ3n) is 10.7. The average Bonchev–Trinajstić information content (AvgIpc) is 4.07. The molecule has 0 spiro atoms. The summed E-state index contributed by atoms with van der Waals surface area (Å²) in [5.41, 5.74) is 6.51. The van der Waals surface area contributed by atoms with Gasteiger partial charge in [0.2, 0.25) is 11.8 Å². The summed E-state index contributed by atoms with van der Waals surface area (Å²) >= 11 is 0. The number of hydrogen-bond donors (Lipinski definition) is 4. The fraction of sp³-hybridized carbons (Fsp3) is 0.317. The molecular weight excluding hydrogens is 685 g/mol. The van der Waals surface area contributed by atoms with Crippen LogP contribution in [0.5, 0.6) is 0 Å². The second-order valence-electron chi connectivity index (χ2n) is 14.0. The SMILES string of the molecule is COC(=O)N[C@@H](C(=O)N1CCC[C@H]1c1ncc(-c2ccc(-c3ccc(-c4cnc([C@@H]5CCCN5C(=O)[C@H]5CCC(=O)N5)[nH]4)cc3)cc2)[nH]1)c1ccccc1. The smallest absolute Gasteiger partial charge is 0.407 e. The minimum atomic E-state index is -0.874. The van der Waals surface area contributed by atoms with E-state index in [1.807, 2.05) is 41.4 Å². The number of likely N-dealkylation sites (tertiary alicyclic amines) is 2. The summed E-state index contributed by atoms with van der Waals surface area (Å²) in [4.78, 5) is 70.8. The number of nitrogens with one attached hydrogen (secondary N) is 4. The molecule has 4 N–H and O–H groups in total. The number of benzene rings is 3. The molecule has 3 fully saturated rings. The number of H-pyrrole nitrogens is 2. The average molecular weight is 727 g/mol. The number of ether oxygens (including phenoxy) is 1. The van der Waals surface area contributed by atoms with Gasteiger partial charge in [0.25, 0.3) is 5.91 Å². The van der Waals surface area contributed by atoms with Gasteiger partial charge in [0.15, 0.2) is 0 Å². The number of alkyl carbamates (subject to hydrolysis) is 1. The molecule has 13 heteroatoms. The highest BCUT2D eigenvalue weighted by Gasteiger charge is 2.39. The summed E-state index contributed by atoms with van der Waals surface area (Å²) in [7, 11) is 1.28. The van der Waals surface area contributed by atoms with Gasteiger partial charge in [-0.25, -0.2) is 14.8 Å². The number of imidazole rings is 2. The van der Waals surface area contributed by atoms with Crippen LogP contribution in [0.3, 0.4) is 0 Å². The van der Waals surface area contributed by atoms with Gasteiger partial charge < -0.3 is 35.1 Å². The number of carbonyl (C=O) groups excluding carboxylic acids is 4. The fourth-order valence-electron chi connectivity index (χ4n) is 7.89. The number of aromatic nitrogens is 4. The molecule has 54 heavy (non-hydrogen) atoms. The maximum absolute atomic E-state index is 13.9. The second kappa shape index (κ2) is 15.0. The third kappa shape index (κ3) is 6.96. The normalized spacial score (nSPS) is 20.2. The van der Waals surface area contributed by atoms with E-state index < -0.39 is 18.2 Å². The van der Waals surface area contributed by atoms with Gasteiger partial charge >= 0.3 is 6.09 Å². The maximum atomic E-state index is 13.9. The topological polar surface area (TPSA) is 165 Å². The van der Waals surface area contributed by atoms with E-state index in [1.165, 1.54) is 7.11 Å². The lowest BCUT2D eigenvalue weighted by Crippen LogP contribution is -2.44. The summed E-state index contributed by atoms with van der Waals surface area (Å²) < 4.78 is 4.82. The van der Waals surface area contributed by atoms with Crippen LogP contribution >= 0.6 is 0 Å². The predicted molar refractivity (Wildman–Crippen MR) is 200 cm³/mol. The van der Waals surface area contributed by atoms with Crippen molar-refractivity contribution in [1.82, 2.24) is 40.4 Å². The van der Waals surface area contributed by atoms with Crippen molar-refractivity contribution >= 4 is 23.8 Å². The van der Waals surface area contributed by atoms with Crippen LogP contribution in [-0.4, -0.2) is 79.8 Å². The van der Waals surface area contributed by atoms with Gasteiger partial charge in [-0.15, -0.1) is 0 Å². The Hall–Kier alpha value is -6.24. The minimum Gasteiger partial charge on any atom is -0.453 e. The standard InChI is InChI=1S/C41H42N8O5/c1-54-41(53)47-36(29-7-3-2-4-8-29)40(52)49-22-6-10-34(49)38-43-24-32(46-38)28-17-13-26(14-18-28)25-11-15-27(16-12-25)31-23-42-37(45-31)33-9-5-21-48(33)39(51)30-19-20-35(50)44-30/h2-4,7-8,11-18,23-24,30,33-34,36H,5-6,9-10,19-22H2,1H3,(H,42,45)(H,43,46)(H,44,50)(H,47,53)/t30-,33+,34+,36-/m1/s1. The molecule has 3 aliphatic rings. The molecule has 0 bridgehead atoms. The summed E-state index contributed by atoms with van der Waals surface area (Å²) in [5.74, 6) is 1.17. The lowest BCUT2D eigenvalue weighted by atomic mass is 10.0. The Morgan fingerprint density at radius 2 is 1.28 bits per heavy atom. The van der Waals surface area contributed by atoms with Crippen LogP contribution in [0.4, 0.5) is 4.79 Å². The van der Waals surface area contributed by atoms with Crippen molar-refractivity contribution in [2.75, 3.05) is 20.2 Å². The Morgan fingerprint density at radius 1 is 0.741 bits per heavy atom.